The summed E-state index contributed by atoms with van der Waals surface area (Å²) in [5.74, 6) is -0.452. The summed E-state index contributed by atoms with van der Waals surface area (Å²) in [5, 5.41) is 9.14. The van der Waals surface area contributed by atoms with Crippen molar-refractivity contribution in [3.8, 4) is 0 Å². The zero-order valence-corrected chi connectivity index (χ0v) is 19.7. The molecule has 4 nitrogen and oxygen atoms in total. The average molecular weight is 439 g/mol. The van der Waals surface area contributed by atoms with Gasteiger partial charge in [-0.25, -0.2) is 0 Å². The van der Waals surface area contributed by atoms with Gasteiger partial charge in [0.2, 0.25) is 0 Å². The average Bonchev–Trinajstić information content (AvgIpc) is 2.73. The summed E-state index contributed by atoms with van der Waals surface area (Å²) in [5.41, 5.74) is 1.31. The van der Waals surface area contributed by atoms with Gasteiger partial charge in [-0.15, -0.1) is 11.8 Å². The van der Waals surface area contributed by atoms with Crippen LogP contribution in [-0.2, 0) is 14.3 Å². The first-order valence-corrected chi connectivity index (χ1v) is 13.4. The van der Waals surface area contributed by atoms with Gasteiger partial charge in [0, 0.05) is 6.42 Å². The molecule has 0 spiro atoms. The summed E-state index contributed by atoms with van der Waals surface area (Å²) in [6.45, 7) is 2.26. The van der Waals surface area contributed by atoms with E-state index in [1.807, 2.05) is 0 Å². The van der Waals surface area contributed by atoms with Crippen molar-refractivity contribution in [1.29, 1.82) is 0 Å². The van der Waals surface area contributed by atoms with Crippen molar-refractivity contribution >= 4 is 23.7 Å². The Kier molecular flexibility index (Phi) is 12.6. The molecule has 1 aliphatic heterocycles. The van der Waals surface area contributed by atoms with Crippen LogP contribution in [0.4, 0.5) is 0 Å². The lowest BCUT2D eigenvalue weighted by molar-refractivity contribution is -0.158. The molecule has 5 heteroatoms. The predicted octanol–water partition coefficient (Wildman–Crippen LogP) is 6.92. The van der Waals surface area contributed by atoms with Crippen LogP contribution in [0.2, 0.25) is 0 Å². The van der Waals surface area contributed by atoms with Crippen molar-refractivity contribution in [2.45, 2.75) is 121 Å². The first-order chi connectivity index (χ1) is 14.6. The molecule has 2 rings (SSSR count). The molecule has 1 N–H and O–H groups in total. The molecule has 1 saturated heterocycles. The summed E-state index contributed by atoms with van der Waals surface area (Å²) in [6.07, 6.45) is 21.5. The number of thioether (sulfide) groups is 1. The third kappa shape index (κ3) is 9.45. The highest BCUT2D eigenvalue weighted by molar-refractivity contribution is 8.00. The minimum Gasteiger partial charge on any atom is -0.481 e. The van der Waals surface area contributed by atoms with Gasteiger partial charge in [0.05, 0.1) is 11.0 Å². The number of carboxylic acids is 1. The fourth-order valence-corrected chi connectivity index (χ4v) is 5.99. The second-order valence-corrected chi connectivity index (χ2v) is 10.2. The predicted molar refractivity (Wildman–Crippen MR) is 125 cm³/mol. The van der Waals surface area contributed by atoms with E-state index in [4.69, 9.17) is 9.84 Å². The maximum absolute atomic E-state index is 11.8. The molecule has 0 aromatic heterocycles. The first kappa shape index (κ1) is 25.3. The molecule has 3 atom stereocenters. The van der Waals surface area contributed by atoms with Crippen LogP contribution < -0.4 is 0 Å². The molecule has 0 aromatic carbocycles. The molecule has 1 saturated carbocycles. The lowest BCUT2D eigenvalue weighted by Gasteiger charge is -2.41. The number of ether oxygens (including phenoxy) is 1. The van der Waals surface area contributed by atoms with Gasteiger partial charge < -0.3 is 9.84 Å². The van der Waals surface area contributed by atoms with E-state index in [0.29, 0.717) is 12.3 Å². The Bertz CT molecular complexity index is 545. The summed E-state index contributed by atoms with van der Waals surface area (Å²) < 4.78 is 5.69. The number of carbonyl (C=O) groups is 2. The van der Waals surface area contributed by atoms with Crippen molar-refractivity contribution in [3.63, 3.8) is 0 Å². The largest absolute Gasteiger partial charge is 0.481 e. The van der Waals surface area contributed by atoms with Gasteiger partial charge in [-0.1, -0.05) is 82.8 Å². The van der Waals surface area contributed by atoms with Gasteiger partial charge in [0.25, 0.3) is 0 Å². The molecule has 0 unspecified atom stereocenters. The maximum atomic E-state index is 11.8. The van der Waals surface area contributed by atoms with Crippen LogP contribution >= 0.6 is 11.8 Å². The number of rotatable bonds is 15. The van der Waals surface area contributed by atoms with Crippen molar-refractivity contribution in [3.05, 3.63) is 11.6 Å². The minimum absolute atomic E-state index is 0.0248. The van der Waals surface area contributed by atoms with E-state index in [2.05, 4.69) is 13.0 Å². The van der Waals surface area contributed by atoms with Gasteiger partial charge in [-0.2, -0.15) is 0 Å². The van der Waals surface area contributed by atoms with Crippen LogP contribution in [0.15, 0.2) is 11.6 Å². The summed E-state index contributed by atoms with van der Waals surface area (Å²) >= 11 is 1.44. The highest BCUT2D eigenvalue weighted by atomic mass is 32.2. The Morgan fingerprint density at radius 2 is 1.60 bits per heavy atom. The molecule has 0 aromatic rings. The standard InChI is InChI=1S/C25H42O4S/c1-2-3-4-5-6-7-8-9-10-11-12-13-14-21-16-15-20-17-18-23(28)29-24(20)25(21)30-19-22(26)27/h14,20,24-25H,2-13,15-19H2,1H3,(H,26,27)/b21-14+/t20-,24-,25-/m1/s1. The fraction of sp³-hybridized carbons (Fsp3) is 0.840. The van der Waals surface area contributed by atoms with E-state index in [9.17, 15) is 9.59 Å². The van der Waals surface area contributed by atoms with Gasteiger partial charge in [0.15, 0.2) is 0 Å². The van der Waals surface area contributed by atoms with Crippen LogP contribution in [0.3, 0.4) is 0 Å². The minimum atomic E-state index is -0.797. The highest BCUT2D eigenvalue weighted by Crippen LogP contribution is 2.42. The monoisotopic (exact) mass is 438 g/mol. The molecule has 2 aliphatic rings. The van der Waals surface area contributed by atoms with E-state index in [0.717, 1.165) is 25.7 Å². The molecule has 1 aliphatic carbocycles. The molecule has 30 heavy (non-hydrogen) atoms. The van der Waals surface area contributed by atoms with Gasteiger partial charge in [-0.3, -0.25) is 9.59 Å². The highest BCUT2D eigenvalue weighted by Gasteiger charge is 2.41. The van der Waals surface area contributed by atoms with E-state index in [1.165, 1.54) is 88.0 Å². The van der Waals surface area contributed by atoms with E-state index < -0.39 is 5.97 Å². The van der Waals surface area contributed by atoms with Crippen LogP contribution in [0, 0.1) is 5.92 Å². The number of carboxylic acid groups (broad SMARTS) is 1. The van der Waals surface area contributed by atoms with Gasteiger partial charge in [-0.05, 0) is 38.0 Å². The van der Waals surface area contributed by atoms with Gasteiger partial charge in [0.1, 0.15) is 6.10 Å². The maximum Gasteiger partial charge on any atom is 0.313 e. The molecular formula is C25H42O4S. The van der Waals surface area contributed by atoms with Crippen molar-refractivity contribution in [1.82, 2.24) is 0 Å². The molecule has 1 heterocycles. The van der Waals surface area contributed by atoms with E-state index in [-0.39, 0.29) is 23.1 Å². The number of fused-ring (bicyclic) bond motifs is 1. The number of unbranched alkanes of at least 4 members (excludes halogenated alkanes) is 11. The summed E-state index contributed by atoms with van der Waals surface area (Å²) in [6, 6.07) is 0. The quantitative estimate of drug-likeness (QED) is 0.171. The van der Waals surface area contributed by atoms with Crippen molar-refractivity contribution in [2.75, 3.05) is 5.75 Å². The smallest absolute Gasteiger partial charge is 0.313 e. The Hall–Kier alpha value is -0.970. The first-order valence-electron chi connectivity index (χ1n) is 12.3. The van der Waals surface area contributed by atoms with Crippen LogP contribution in [0.5, 0.6) is 0 Å². The number of aliphatic carboxylic acids is 1. The Morgan fingerprint density at radius 3 is 2.23 bits per heavy atom. The topological polar surface area (TPSA) is 63.6 Å². The van der Waals surface area contributed by atoms with Crippen molar-refractivity contribution < 1.29 is 19.4 Å². The number of esters is 1. The molecule has 172 valence electrons. The Morgan fingerprint density at radius 1 is 1.00 bits per heavy atom. The molecule has 0 radical (unpaired) electrons. The van der Waals surface area contributed by atoms with Gasteiger partial charge >= 0.3 is 11.9 Å². The zero-order valence-electron chi connectivity index (χ0n) is 18.9. The SMILES string of the molecule is CCCCCCCCCCCCC/C=C1\CC[C@@H]2CCC(=O)O[C@H]2[C@@H]1SCC(=O)O. The van der Waals surface area contributed by atoms with Crippen LogP contribution in [0.1, 0.15) is 110 Å². The van der Waals surface area contributed by atoms with Crippen LogP contribution in [0.25, 0.3) is 0 Å². The Labute approximate surface area is 187 Å². The normalized spacial score (nSPS) is 25.2. The lowest BCUT2D eigenvalue weighted by atomic mass is 9.78. The fourth-order valence-electron chi connectivity index (χ4n) is 4.77. The number of hydrogen-bond donors (Lipinski definition) is 1. The third-order valence-electron chi connectivity index (χ3n) is 6.52. The van der Waals surface area contributed by atoms with E-state index >= 15 is 0 Å². The molecule has 0 amide bonds. The number of hydrogen-bond acceptors (Lipinski definition) is 4. The second kappa shape index (κ2) is 14.9. The number of carbonyl (C=O) groups excluding carboxylic acids is 1. The molecular weight excluding hydrogens is 396 g/mol. The zero-order chi connectivity index (χ0) is 21.6. The summed E-state index contributed by atoms with van der Waals surface area (Å²) in [7, 11) is 0. The Balaban J connectivity index is 1.67. The van der Waals surface area contributed by atoms with E-state index in [1.54, 1.807) is 0 Å². The number of allylic oxidation sites excluding steroid dienone is 1. The summed E-state index contributed by atoms with van der Waals surface area (Å²) in [4.78, 5) is 22.9. The van der Waals surface area contributed by atoms with Crippen LogP contribution in [-0.4, -0.2) is 34.2 Å². The molecule has 2 fully saturated rings. The van der Waals surface area contributed by atoms with Crippen molar-refractivity contribution in [2.24, 2.45) is 5.92 Å². The molecule has 0 bridgehead atoms. The lowest BCUT2D eigenvalue weighted by Crippen LogP contribution is -2.44. The second-order valence-electron chi connectivity index (χ2n) is 9.02. The third-order valence-corrected chi connectivity index (χ3v) is 7.86.